The van der Waals surface area contributed by atoms with Gasteiger partial charge in [-0.2, -0.15) is 0 Å². The standard InChI is InChI=1S/C21H40O6SSi/c1-19(2,3)18(22)25-16-15-14(26-21(7,8)27-15)13(24-17(16)28-9)12-23-29(10,11)20(4,5)6/h13-17H,12H2,1-11H3/t13-,14+,15+,16-,17?/m1/s1. The van der Waals surface area contributed by atoms with Crippen LogP contribution in [0.3, 0.4) is 0 Å². The fraction of sp³-hybridized carbons (Fsp3) is 0.952. The van der Waals surface area contributed by atoms with Gasteiger partial charge in [-0.15, -0.1) is 11.8 Å². The third-order valence-electron chi connectivity index (χ3n) is 5.93. The first-order valence-corrected chi connectivity index (χ1v) is 14.6. The van der Waals surface area contributed by atoms with Crippen LogP contribution in [0.5, 0.6) is 0 Å². The van der Waals surface area contributed by atoms with Crippen LogP contribution < -0.4 is 0 Å². The number of esters is 1. The van der Waals surface area contributed by atoms with Crippen molar-refractivity contribution in [3.63, 3.8) is 0 Å². The van der Waals surface area contributed by atoms with Gasteiger partial charge in [-0.3, -0.25) is 4.79 Å². The van der Waals surface area contributed by atoms with Crippen molar-refractivity contribution in [1.82, 2.24) is 0 Å². The van der Waals surface area contributed by atoms with Gasteiger partial charge in [0.05, 0.1) is 12.0 Å². The SMILES string of the molecule is CSC1O[C@H](CO[Si](C)(C)C(C)(C)C)[C@@H]2OC(C)(C)O[C@@H]2[C@H]1OC(=O)C(C)(C)C. The molecular formula is C21H40O6SSi. The Labute approximate surface area is 181 Å². The van der Waals surface area contributed by atoms with Crippen LogP contribution in [-0.2, 0) is 28.2 Å². The Balaban J connectivity index is 2.23. The summed E-state index contributed by atoms with van der Waals surface area (Å²) in [5.74, 6) is -1.04. The van der Waals surface area contributed by atoms with Crippen molar-refractivity contribution in [3.8, 4) is 0 Å². The second-order valence-electron chi connectivity index (χ2n) is 11.0. The molecule has 0 aromatic heterocycles. The van der Waals surface area contributed by atoms with Crippen LogP contribution in [0.1, 0.15) is 55.4 Å². The fourth-order valence-corrected chi connectivity index (χ4v) is 4.84. The zero-order valence-electron chi connectivity index (χ0n) is 20.0. The predicted molar refractivity (Wildman–Crippen MR) is 118 cm³/mol. The van der Waals surface area contributed by atoms with E-state index in [1.54, 1.807) is 0 Å². The summed E-state index contributed by atoms with van der Waals surface area (Å²) in [6.45, 7) is 20.8. The molecule has 6 nitrogen and oxygen atoms in total. The number of thioether (sulfide) groups is 1. The van der Waals surface area contributed by atoms with E-state index in [4.69, 9.17) is 23.4 Å². The van der Waals surface area contributed by atoms with Crippen LogP contribution in [0.2, 0.25) is 18.1 Å². The summed E-state index contributed by atoms with van der Waals surface area (Å²) in [6, 6.07) is 0. The average Bonchev–Trinajstić information content (AvgIpc) is 2.87. The summed E-state index contributed by atoms with van der Waals surface area (Å²) in [4.78, 5) is 12.6. The van der Waals surface area contributed by atoms with Gasteiger partial charge >= 0.3 is 5.97 Å². The molecule has 0 bridgehead atoms. The lowest BCUT2D eigenvalue weighted by Gasteiger charge is -2.43. The van der Waals surface area contributed by atoms with E-state index in [0.29, 0.717) is 6.61 Å². The van der Waals surface area contributed by atoms with Gasteiger partial charge in [-0.1, -0.05) is 20.8 Å². The van der Waals surface area contributed by atoms with E-state index in [2.05, 4.69) is 33.9 Å². The summed E-state index contributed by atoms with van der Waals surface area (Å²) in [7, 11) is -1.94. The minimum atomic E-state index is -1.94. The number of rotatable bonds is 5. The largest absolute Gasteiger partial charge is 0.455 e. The molecule has 0 saturated carbocycles. The molecule has 0 aliphatic carbocycles. The zero-order chi connectivity index (χ0) is 22.4. The number of fused-ring (bicyclic) bond motifs is 1. The Hall–Kier alpha value is -0.123. The molecule has 2 fully saturated rings. The first-order chi connectivity index (χ1) is 13.0. The van der Waals surface area contributed by atoms with Gasteiger partial charge in [0.2, 0.25) is 0 Å². The Morgan fingerprint density at radius 1 is 1.07 bits per heavy atom. The van der Waals surface area contributed by atoms with Crippen molar-refractivity contribution in [1.29, 1.82) is 0 Å². The number of carbonyl (C=O) groups is 1. The minimum Gasteiger partial charge on any atom is -0.455 e. The van der Waals surface area contributed by atoms with Crippen LogP contribution in [0.25, 0.3) is 0 Å². The number of carbonyl (C=O) groups excluding carboxylic acids is 1. The molecule has 0 spiro atoms. The Bertz CT molecular complexity index is 595. The molecule has 0 aromatic rings. The Kier molecular flexibility index (Phi) is 7.31. The first kappa shape index (κ1) is 25.1. The second kappa shape index (κ2) is 8.43. The Morgan fingerprint density at radius 2 is 1.62 bits per heavy atom. The highest BCUT2D eigenvalue weighted by Gasteiger charge is 2.57. The molecular weight excluding hydrogens is 408 g/mol. The van der Waals surface area contributed by atoms with E-state index >= 15 is 0 Å². The predicted octanol–water partition coefficient (Wildman–Crippen LogP) is 4.57. The van der Waals surface area contributed by atoms with Crippen molar-refractivity contribution < 1.29 is 28.2 Å². The summed E-state index contributed by atoms with van der Waals surface area (Å²) in [5.41, 5.74) is -0.941. The highest BCUT2D eigenvalue weighted by atomic mass is 32.2. The molecule has 29 heavy (non-hydrogen) atoms. The quantitative estimate of drug-likeness (QED) is 0.451. The third kappa shape index (κ3) is 5.77. The van der Waals surface area contributed by atoms with Crippen molar-refractivity contribution >= 4 is 26.0 Å². The van der Waals surface area contributed by atoms with Gasteiger partial charge < -0.3 is 23.4 Å². The van der Waals surface area contributed by atoms with Crippen molar-refractivity contribution in [2.24, 2.45) is 5.41 Å². The van der Waals surface area contributed by atoms with Crippen molar-refractivity contribution in [2.45, 2.75) is 109 Å². The molecule has 170 valence electrons. The number of ether oxygens (including phenoxy) is 4. The molecule has 2 rings (SSSR count). The highest BCUT2D eigenvalue weighted by Crippen LogP contribution is 2.43. The summed E-state index contributed by atoms with van der Waals surface area (Å²) >= 11 is 1.52. The van der Waals surface area contributed by atoms with Crippen molar-refractivity contribution in [3.05, 3.63) is 0 Å². The normalized spacial score (nSPS) is 32.7. The molecule has 0 aromatic carbocycles. The molecule has 2 aliphatic heterocycles. The maximum Gasteiger partial charge on any atom is 0.311 e. The smallest absolute Gasteiger partial charge is 0.311 e. The molecule has 2 heterocycles. The summed E-state index contributed by atoms with van der Waals surface area (Å²) in [6.07, 6.45) is 0.396. The molecule has 2 saturated heterocycles. The molecule has 0 radical (unpaired) electrons. The van der Waals surface area contributed by atoms with E-state index in [0.717, 1.165) is 0 Å². The zero-order valence-corrected chi connectivity index (χ0v) is 21.8. The molecule has 0 N–H and O–H groups in total. The van der Waals surface area contributed by atoms with E-state index in [1.807, 2.05) is 40.9 Å². The molecule has 5 atom stereocenters. The molecule has 2 aliphatic rings. The topological polar surface area (TPSA) is 63.2 Å². The van der Waals surface area contributed by atoms with Gasteiger partial charge in [-0.25, -0.2) is 0 Å². The van der Waals surface area contributed by atoms with Crippen LogP contribution in [0.15, 0.2) is 0 Å². The molecule has 8 heteroatoms. The number of hydrogen-bond acceptors (Lipinski definition) is 7. The minimum absolute atomic E-state index is 0.108. The van der Waals surface area contributed by atoms with Crippen LogP contribution in [0, 0.1) is 5.41 Å². The van der Waals surface area contributed by atoms with Gasteiger partial charge in [0, 0.05) is 0 Å². The number of hydrogen-bond donors (Lipinski definition) is 0. The lowest BCUT2D eigenvalue weighted by atomic mass is 9.96. The van der Waals surface area contributed by atoms with Crippen LogP contribution in [-0.4, -0.2) is 62.8 Å². The first-order valence-electron chi connectivity index (χ1n) is 10.4. The lowest BCUT2D eigenvalue weighted by molar-refractivity contribution is -0.198. The average molecular weight is 449 g/mol. The monoisotopic (exact) mass is 448 g/mol. The summed E-state index contributed by atoms with van der Waals surface area (Å²) < 4.78 is 31.1. The highest BCUT2D eigenvalue weighted by molar-refractivity contribution is 7.99. The van der Waals surface area contributed by atoms with Gasteiger partial charge in [0.15, 0.2) is 20.2 Å². The maximum atomic E-state index is 12.6. The fourth-order valence-electron chi connectivity index (χ4n) is 3.09. The summed E-state index contributed by atoms with van der Waals surface area (Å²) in [5, 5.41) is 0.108. The maximum absolute atomic E-state index is 12.6. The molecule has 1 unspecified atom stereocenters. The van der Waals surface area contributed by atoms with E-state index < -0.39 is 31.7 Å². The van der Waals surface area contributed by atoms with Crippen LogP contribution in [0.4, 0.5) is 0 Å². The van der Waals surface area contributed by atoms with Crippen molar-refractivity contribution in [2.75, 3.05) is 12.9 Å². The van der Waals surface area contributed by atoms with Gasteiger partial charge in [0.25, 0.3) is 0 Å². The van der Waals surface area contributed by atoms with Gasteiger partial charge in [0.1, 0.15) is 23.7 Å². The third-order valence-corrected chi connectivity index (χ3v) is 11.3. The van der Waals surface area contributed by atoms with E-state index in [9.17, 15) is 4.79 Å². The van der Waals surface area contributed by atoms with Crippen LogP contribution >= 0.6 is 11.8 Å². The second-order valence-corrected chi connectivity index (χ2v) is 16.8. The van der Waals surface area contributed by atoms with E-state index in [-0.39, 0.29) is 28.7 Å². The molecule has 0 amide bonds. The van der Waals surface area contributed by atoms with E-state index in [1.165, 1.54) is 11.8 Å². The van der Waals surface area contributed by atoms with Gasteiger partial charge in [-0.05, 0) is 59.0 Å². The Morgan fingerprint density at radius 3 is 2.10 bits per heavy atom. The lowest BCUT2D eigenvalue weighted by Crippen LogP contribution is -2.59.